The molecule has 0 unspecified atom stereocenters. The quantitative estimate of drug-likeness (QED) is 0.593. The van der Waals surface area contributed by atoms with Crippen molar-refractivity contribution in [3.05, 3.63) is 64.7 Å². The Hall–Kier alpha value is -3.39. The summed E-state index contributed by atoms with van der Waals surface area (Å²) < 4.78 is 16.0. The predicted molar refractivity (Wildman–Crippen MR) is 108 cm³/mol. The van der Waals surface area contributed by atoms with Crippen LogP contribution in [0, 0.1) is 0 Å². The van der Waals surface area contributed by atoms with E-state index in [-0.39, 0.29) is 24.6 Å². The number of methoxy groups -OCH3 is 2. The zero-order chi connectivity index (χ0) is 20.6. The second kappa shape index (κ2) is 9.70. The van der Waals surface area contributed by atoms with Crippen molar-refractivity contribution in [2.24, 2.45) is 0 Å². The largest absolute Gasteiger partial charge is 0.493 e. The molecular weight excluding hydrogens is 374 g/mol. The molecule has 1 N–H and O–H groups in total. The fourth-order valence-corrected chi connectivity index (χ4v) is 2.85. The molecule has 0 spiro atoms. The summed E-state index contributed by atoms with van der Waals surface area (Å²) in [5.41, 5.74) is 0.339. The number of aromatic nitrogens is 2. The molecule has 1 amide bonds. The molecule has 1 heterocycles. The Bertz CT molecular complexity index is 1030. The molecule has 0 aliphatic rings. The van der Waals surface area contributed by atoms with Crippen LogP contribution >= 0.6 is 0 Å². The molecule has 0 fully saturated rings. The van der Waals surface area contributed by atoms with Gasteiger partial charge in [-0.2, -0.15) is 0 Å². The van der Waals surface area contributed by atoms with Gasteiger partial charge in [0.1, 0.15) is 5.82 Å². The highest BCUT2D eigenvalue weighted by Gasteiger charge is 2.17. The molecule has 0 saturated heterocycles. The minimum Gasteiger partial charge on any atom is -0.493 e. The van der Waals surface area contributed by atoms with Crippen LogP contribution in [0.25, 0.3) is 10.9 Å². The fraction of sp³-hybridized carbons (Fsp3) is 0.286. The van der Waals surface area contributed by atoms with E-state index in [0.29, 0.717) is 41.4 Å². The number of hydrogen-bond donors (Lipinski definition) is 1. The maximum absolute atomic E-state index is 12.8. The van der Waals surface area contributed by atoms with Crippen molar-refractivity contribution >= 4 is 16.8 Å². The van der Waals surface area contributed by atoms with Crippen LogP contribution in [0.3, 0.4) is 0 Å². The molecule has 3 aromatic rings. The van der Waals surface area contributed by atoms with Crippen molar-refractivity contribution in [1.29, 1.82) is 0 Å². The van der Waals surface area contributed by atoms with E-state index in [1.54, 1.807) is 43.5 Å². The van der Waals surface area contributed by atoms with Crippen molar-refractivity contribution in [1.82, 2.24) is 14.9 Å². The summed E-state index contributed by atoms with van der Waals surface area (Å²) in [6.45, 7) is 0.638. The fourth-order valence-electron chi connectivity index (χ4n) is 2.85. The normalized spacial score (nSPS) is 10.7. The number of fused-ring (bicyclic) bond motifs is 1. The molecule has 0 bridgehead atoms. The van der Waals surface area contributed by atoms with Gasteiger partial charge in [0.15, 0.2) is 18.1 Å². The summed E-state index contributed by atoms with van der Waals surface area (Å²) >= 11 is 0. The summed E-state index contributed by atoms with van der Waals surface area (Å²) in [5, 5.41) is 0.505. The average Bonchev–Trinajstić information content (AvgIpc) is 2.75. The van der Waals surface area contributed by atoms with Crippen molar-refractivity contribution in [3.8, 4) is 11.5 Å². The zero-order valence-electron chi connectivity index (χ0n) is 16.4. The highest BCUT2D eigenvalue weighted by molar-refractivity contribution is 5.78. The minimum atomic E-state index is -0.260. The highest BCUT2D eigenvalue weighted by Crippen LogP contribution is 2.25. The van der Waals surface area contributed by atoms with E-state index in [1.165, 1.54) is 12.0 Å². The SMILES string of the molecule is COCCN(Cc1nc2ccccc2c(=O)[nH]1)C(=O)COc1ccccc1OC. The van der Waals surface area contributed by atoms with Gasteiger partial charge in [-0.15, -0.1) is 0 Å². The van der Waals surface area contributed by atoms with Gasteiger partial charge in [-0.1, -0.05) is 24.3 Å². The van der Waals surface area contributed by atoms with E-state index >= 15 is 0 Å². The van der Waals surface area contributed by atoms with Crippen LogP contribution in [0.5, 0.6) is 11.5 Å². The minimum absolute atomic E-state index is 0.136. The van der Waals surface area contributed by atoms with Gasteiger partial charge in [0.2, 0.25) is 0 Å². The Morgan fingerprint density at radius 3 is 2.55 bits per heavy atom. The molecular formula is C21H23N3O5. The molecule has 1 aromatic heterocycles. The Balaban J connectivity index is 1.75. The Morgan fingerprint density at radius 1 is 1.07 bits per heavy atom. The third kappa shape index (κ3) is 5.11. The van der Waals surface area contributed by atoms with Crippen LogP contribution in [0.2, 0.25) is 0 Å². The lowest BCUT2D eigenvalue weighted by Crippen LogP contribution is -2.37. The molecule has 0 radical (unpaired) electrons. The van der Waals surface area contributed by atoms with Crippen LogP contribution in [0.4, 0.5) is 0 Å². The Kier molecular flexibility index (Phi) is 6.80. The number of ether oxygens (including phenoxy) is 3. The lowest BCUT2D eigenvalue weighted by atomic mass is 10.2. The Morgan fingerprint density at radius 2 is 1.79 bits per heavy atom. The topological polar surface area (TPSA) is 93.8 Å². The van der Waals surface area contributed by atoms with E-state index < -0.39 is 0 Å². The second-order valence-corrected chi connectivity index (χ2v) is 6.28. The number of benzene rings is 2. The number of hydrogen-bond acceptors (Lipinski definition) is 6. The summed E-state index contributed by atoms with van der Waals surface area (Å²) in [6, 6.07) is 14.2. The van der Waals surface area contributed by atoms with Crippen molar-refractivity contribution in [2.45, 2.75) is 6.54 Å². The monoisotopic (exact) mass is 397 g/mol. The first-order valence-corrected chi connectivity index (χ1v) is 9.13. The van der Waals surface area contributed by atoms with Crippen LogP contribution < -0.4 is 15.0 Å². The van der Waals surface area contributed by atoms with E-state index in [4.69, 9.17) is 14.2 Å². The molecule has 8 heteroatoms. The van der Waals surface area contributed by atoms with Crippen molar-refractivity contribution < 1.29 is 19.0 Å². The summed E-state index contributed by atoms with van der Waals surface area (Å²) in [5.74, 6) is 1.16. The molecule has 0 atom stereocenters. The maximum Gasteiger partial charge on any atom is 0.260 e. The Labute approximate surface area is 168 Å². The van der Waals surface area contributed by atoms with Gasteiger partial charge in [-0.25, -0.2) is 4.98 Å². The smallest absolute Gasteiger partial charge is 0.260 e. The molecule has 0 saturated carbocycles. The second-order valence-electron chi connectivity index (χ2n) is 6.28. The van der Waals surface area contributed by atoms with Gasteiger partial charge >= 0.3 is 0 Å². The van der Waals surface area contributed by atoms with Crippen LogP contribution in [-0.2, 0) is 16.1 Å². The first-order valence-electron chi connectivity index (χ1n) is 9.13. The number of para-hydroxylation sites is 3. The maximum atomic E-state index is 12.8. The number of H-pyrrole nitrogens is 1. The average molecular weight is 397 g/mol. The number of amides is 1. The molecule has 2 aromatic carbocycles. The lowest BCUT2D eigenvalue weighted by Gasteiger charge is -2.22. The molecule has 8 nitrogen and oxygen atoms in total. The van der Waals surface area contributed by atoms with Crippen molar-refractivity contribution in [3.63, 3.8) is 0 Å². The summed E-state index contributed by atoms with van der Waals surface area (Å²) in [6.07, 6.45) is 0. The third-order valence-electron chi connectivity index (χ3n) is 4.34. The van der Waals surface area contributed by atoms with Gasteiger partial charge in [-0.3, -0.25) is 9.59 Å². The van der Waals surface area contributed by atoms with Gasteiger partial charge in [0.05, 0.1) is 31.2 Å². The predicted octanol–water partition coefficient (Wildman–Crippen LogP) is 1.99. The number of nitrogens with zero attached hydrogens (tertiary/aromatic N) is 2. The highest BCUT2D eigenvalue weighted by atomic mass is 16.5. The van der Waals surface area contributed by atoms with E-state index in [9.17, 15) is 9.59 Å². The number of carbonyl (C=O) groups is 1. The van der Waals surface area contributed by atoms with Crippen LogP contribution in [0.15, 0.2) is 53.3 Å². The molecule has 0 aliphatic heterocycles. The molecule has 0 aliphatic carbocycles. The van der Waals surface area contributed by atoms with Crippen molar-refractivity contribution in [2.75, 3.05) is 34.0 Å². The molecule has 3 rings (SSSR count). The van der Waals surface area contributed by atoms with Gasteiger partial charge in [-0.05, 0) is 24.3 Å². The number of aromatic amines is 1. The standard InChI is InChI=1S/C21H23N3O5/c1-27-12-11-24(20(25)14-29-18-10-6-5-9-17(18)28-2)13-19-22-16-8-4-3-7-15(16)21(26)23-19/h3-10H,11-14H2,1-2H3,(H,22,23,26). The van der Waals surface area contributed by atoms with Crippen LogP contribution in [0.1, 0.15) is 5.82 Å². The van der Waals surface area contributed by atoms with Gasteiger partial charge in [0, 0.05) is 13.7 Å². The summed E-state index contributed by atoms with van der Waals surface area (Å²) in [7, 11) is 3.10. The van der Waals surface area contributed by atoms with E-state index in [0.717, 1.165) is 0 Å². The number of rotatable bonds is 9. The van der Waals surface area contributed by atoms with E-state index in [1.807, 2.05) is 12.1 Å². The number of carbonyl (C=O) groups excluding carboxylic acids is 1. The number of nitrogens with one attached hydrogen (secondary N) is 1. The lowest BCUT2D eigenvalue weighted by molar-refractivity contribution is -0.134. The molecule has 152 valence electrons. The third-order valence-corrected chi connectivity index (χ3v) is 4.34. The zero-order valence-corrected chi connectivity index (χ0v) is 16.4. The van der Waals surface area contributed by atoms with Gasteiger partial charge < -0.3 is 24.1 Å². The van der Waals surface area contributed by atoms with Crippen LogP contribution in [-0.4, -0.2) is 54.8 Å². The molecule has 29 heavy (non-hydrogen) atoms. The van der Waals surface area contributed by atoms with E-state index in [2.05, 4.69) is 9.97 Å². The summed E-state index contributed by atoms with van der Waals surface area (Å²) in [4.78, 5) is 33.8. The first-order chi connectivity index (χ1) is 14.1. The van der Waals surface area contributed by atoms with Gasteiger partial charge in [0.25, 0.3) is 11.5 Å². The first kappa shape index (κ1) is 20.3.